The van der Waals surface area contributed by atoms with Gasteiger partial charge in [-0.25, -0.2) is 0 Å². The summed E-state index contributed by atoms with van der Waals surface area (Å²) in [6, 6.07) is 3.92. The minimum Gasteiger partial charge on any atom is -0.329 e. The Balaban J connectivity index is 2.13. The number of pyridine rings is 1. The summed E-state index contributed by atoms with van der Waals surface area (Å²) in [5.41, 5.74) is 8.61. The van der Waals surface area contributed by atoms with E-state index in [1.807, 2.05) is 24.5 Å². The molecule has 5 heteroatoms. The van der Waals surface area contributed by atoms with Gasteiger partial charge in [-0.05, 0) is 12.1 Å². The highest BCUT2D eigenvalue weighted by atomic mass is 15.1. The van der Waals surface area contributed by atoms with Crippen LogP contribution < -0.4 is 11.1 Å². The van der Waals surface area contributed by atoms with E-state index in [9.17, 15) is 0 Å². The van der Waals surface area contributed by atoms with Crippen LogP contribution in [0.1, 0.15) is 5.56 Å². The average molecular weight is 217 g/mol. The molecule has 0 unspecified atom stereocenters. The van der Waals surface area contributed by atoms with Crippen LogP contribution in [0.5, 0.6) is 0 Å². The monoisotopic (exact) mass is 217 g/mol. The molecule has 0 spiro atoms. The van der Waals surface area contributed by atoms with Gasteiger partial charge in [-0.3, -0.25) is 10.1 Å². The largest absolute Gasteiger partial charge is 0.329 e. The van der Waals surface area contributed by atoms with E-state index in [1.165, 1.54) is 0 Å². The summed E-state index contributed by atoms with van der Waals surface area (Å²) in [5, 5.41) is 10.3. The molecule has 0 radical (unpaired) electrons. The number of nitrogens with two attached hydrogens (primary N) is 1. The van der Waals surface area contributed by atoms with E-state index >= 15 is 0 Å². The maximum Gasteiger partial charge on any atom is 0.0710 e. The Hall–Kier alpha value is -1.72. The molecule has 0 bridgehead atoms. The summed E-state index contributed by atoms with van der Waals surface area (Å²) in [6.07, 6.45) is 5.40. The maximum atomic E-state index is 5.42. The average Bonchev–Trinajstić information content (AvgIpc) is 2.79. The van der Waals surface area contributed by atoms with Crippen LogP contribution in [0.4, 0.5) is 0 Å². The highest BCUT2D eigenvalue weighted by Gasteiger charge is 2.06. The van der Waals surface area contributed by atoms with Gasteiger partial charge in [0.05, 0.1) is 11.9 Å². The molecule has 0 saturated carbocycles. The van der Waals surface area contributed by atoms with Gasteiger partial charge in [-0.2, -0.15) is 5.10 Å². The number of hydrogen-bond acceptors (Lipinski definition) is 4. The Labute approximate surface area is 94.1 Å². The summed E-state index contributed by atoms with van der Waals surface area (Å²) in [6.45, 7) is 2.20. The van der Waals surface area contributed by atoms with E-state index in [0.717, 1.165) is 29.9 Å². The van der Waals surface area contributed by atoms with Crippen LogP contribution in [0.3, 0.4) is 0 Å². The van der Waals surface area contributed by atoms with Crippen molar-refractivity contribution in [3.8, 4) is 11.3 Å². The second kappa shape index (κ2) is 5.39. The third-order valence-corrected chi connectivity index (χ3v) is 2.30. The SMILES string of the molecule is NCCNCc1cn[nH]c1-c1cccnc1. The molecule has 4 N–H and O–H groups in total. The lowest BCUT2D eigenvalue weighted by Crippen LogP contribution is -2.21. The topological polar surface area (TPSA) is 79.6 Å². The molecule has 0 atom stereocenters. The Morgan fingerprint density at radius 2 is 2.31 bits per heavy atom. The molecule has 0 saturated heterocycles. The van der Waals surface area contributed by atoms with Crippen molar-refractivity contribution in [3.63, 3.8) is 0 Å². The molecule has 0 aliphatic carbocycles. The van der Waals surface area contributed by atoms with Gasteiger partial charge in [-0.1, -0.05) is 0 Å². The first kappa shape index (κ1) is 10.8. The molecule has 0 amide bonds. The van der Waals surface area contributed by atoms with Crippen molar-refractivity contribution in [1.29, 1.82) is 0 Å². The predicted octanol–water partition coefficient (Wildman–Crippen LogP) is 0.520. The van der Waals surface area contributed by atoms with Crippen molar-refractivity contribution in [2.45, 2.75) is 6.54 Å². The molecule has 0 aromatic carbocycles. The van der Waals surface area contributed by atoms with Gasteiger partial charge >= 0.3 is 0 Å². The van der Waals surface area contributed by atoms with Crippen LogP contribution in [0.25, 0.3) is 11.3 Å². The molecule has 0 aliphatic rings. The lowest BCUT2D eigenvalue weighted by Gasteiger charge is -2.03. The smallest absolute Gasteiger partial charge is 0.0710 e. The summed E-state index contributed by atoms with van der Waals surface area (Å²) in [7, 11) is 0. The van der Waals surface area contributed by atoms with Crippen LogP contribution in [-0.4, -0.2) is 28.3 Å². The third-order valence-electron chi connectivity index (χ3n) is 2.30. The maximum absolute atomic E-state index is 5.42. The first-order valence-electron chi connectivity index (χ1n) is 5.25. The first-order valence-corrected chi connectivity index (χ1v) is 5.25. The molecule has 0 fully saturated rings. The molecule has 16 heavy (non-hydrogen) atoms. The van der Waals surface area contributed by atoms with Crippen molar-refractivity contribution in [2.75, 3.05) is 13.1 Å². The van der Waals surface area contributed by atoms with Crippen molar-refractivity contribution in [2.24, 2.45) is 5.73 Å². The van der Waals surface area contributed by atoms with Gasteiger partial charge in [0.1, 0.15) is 0 Å². The van der Waals surface area contributed by atoms with Gasteiger partial charge in [0.2, 0.25) is 0 Å². The molecule has 2 aromatic rings. The summed E-state index contributed by atoms with van der Waals surface area (Å²) in [4.78, 5) is 4.09. The van der Waals surface area contributed by atoms with Crippen LogP contribution in [0.15, 0.2) is 30.7 Å². The highest BCUT2D eigenvalue weighted by Crippen LogP contribution is 2.19. The number of hydrogen-bond donors (Lipinski definition) is 3. The Bertz CT molecular complexity index is 423. The van der Waals surface area contributed by atoms with Gasteiger partial charge in [0.15, 0.2) is 0 Å². The van der Waals surface area contributed by atoms with E-state index < -0.39 is 0 Å². The second-order valence-corrected chi connectivity index (χ2v) is 3.48. The van der Waals surface area contributed by atoms with Gasteiger partial charge in [-0.15, -0.1) is 0 Å². The van der Waals surface area contributed by atoms with Crippen molar-refractivity contribution >= 4 is 0 Å². The fourth-order valence-electron chi connectivity index (χ4n) is 1.53. The Kier molecular flexibility index (Phi) is 3.63. The van der Waals surface area contributed by atoms with E-state index in [2.05, 4.69) is 20.5 Å². The number of rotatable bonds is 5. The van der Waals surface area contributed by atoms with Crippen LogP contribution in [-0.2, 0) is 6.54 Å². The number of aromatic nitrogens is 3. The quantitative estimate of drug-likeness (QED) is 0.638. The number of nitrogens with one attached hydrogen (secondary N) is 2. The molecular formula is C11H15N5. The predicted molar refractivity (Wildman–Crippen MR) is 62.6 cm³/mol. The summed E-state index contributed by atoms with van der Waals surface area (Å²) < 4.78 is 0. The van der Waals surface area contributed by atoms with Gasteiger partial charge < -0.3 is 11.1 Å². The summed E-state index contributed by atoms with van der Waals surface area (Å²) >= 11 is 0. The normalized spacial score (nSPS) is 10.6. The first-order chi connectivity index (χ1) is 7.92. The zero-order chi connectivity index (χ0) is 11.2. The van der Waals surface area contributed by atoms with Crippen LogP contribution >= 0.6 is 0 Å². The Morgan fingerprint density at radius 3 is 3.06 bits per heavy atom. The molecular weight excluding hydrogens is 202 g/mol. The number of H-pyrrole nitrogens is 1. The van der Waals surface area contributed by atoms with E-state index in [1.54, 1.807) is 6.20 Å². The fraction of sp³-hybridized carbons (Fsp3) is 0.273. The van der Waals surface area contributed by atoms with Gasteiger partial charge in [0.25, 0.3) is 0 Å². The van der Waals surface area contributed by atoms with E-state index in [0.29, 0.717) is 6.54 Å². The Morgan fingerprint density at radius 1 is 1.38 bits per heavy atom. The molecule has 84 valence electrons. The molecule has 2 heterocycles. The van der Waals surface area contributed by atoms with Crippen molar-refractivity contribution in [1.82, 2.24) is 20.5 Å². The highest BCUT2D eigenvalue weighted by molar-refractivity contribution is 5.61. The number of aromatic amines is 1. The zero-order valence-corrected chi connectivity index (χ0v) is 8.98. The molecule has 0 aliphatic heterocycles. The number of nitrogens with zero attached hydrogens (tertiary/aromatic N) is 2. The molecule has 5 nitrogen and oxygen atoms in total. The van der Waals surface area contributed by atoms with E-state index in [4.69, 9.17) is 5.73 Å². The standard InChI is InChI=1S/C11H15N5/c12-3-5-14-7-10-8-15-16-11(10)9-2-1-4-13-6-9/h1-2,4,6,8,14H,3,5,7,12H2,(H,15,16). The van der Waals surface area contributed by atoms with Gasteiger partial charge in [0, 0.05) is 43.2 Å². The van der Waals surface area contributed by atoms with Crippen LogP contribution in [0, 0.1) is 0 Å². The zero-order valence-electron chi connectivity index (χ0n) is 8.98. The molecule has 2 rings (SSSR count). The van der Waals surface area contributed by atoms with Crippen molar-refractivity contribution in [3.05, 3.63) is 36.3 Å². The van der Waals surface area contributed by atoms with E-state index in [-0.39, 0.29) is 0 Å². The minimum atomic E-state index is 0.639. The lowest BCUT2D eigenvalue weighted by atomic mass is 10.1. The summed E-state index contributed by atoms with van der Waals surface area (Å²) in [5.74, 6) is 0. The van der Waals surface area contributed by atoms with Crippen LogP contribution in [0.2, 0.25) is 0 Å². The third kappa shape index (κ3) is 2.44. The second-order valence-electron chi connectivity index (χ2n) is 3.48. The molecule has 2 aromatic heterocycles. The minimum absolute atomic E-state index is 0.639. The van der Waals surface area contributed by atoms with Crippen molar-refractivity contribution < 1.29 is 0 Å². The fourth-order valence-corrected chi connectivity index (χ4v) is 1.53. The lowest BCUT2D eigenvalue weighted by molar-refractivity contribution is 0.696.